The van der Waals surface area contributed by atoms with Crippen LogP contribution >= 0.6 is 0 Å². The molecule has 134 valence electrons. The van der Waals surface area contributed by atoms with Gasteiger partial charge < -0.3 is 0 Å². The third kappa shape index (κ3) is 2.35. The molecule has 1 saturated carbocycles. The molecule has 0 unspecified atom stereocenters. The molecular formula is C24H29N2+. The van der Waals surface area contributed by atoms with Crippen LogP contribution in [0.4, 0.5) is 0 Å². The van der Waals surface area contributed by atoms with Crippen LogP contribution in [0.25, 0.3) is 22.4 Å². The Morgan fingerprint density at radius 2 is 1.77 bits per heavy atom. The molecule has 0 atom stereocenters. The van der Waals surface area contributed by atoms with Gasteiger partial charge in [0.1, 0.15) is 0 Å². The highest BCUT2D eigenvalue weighted by molar-refractivity contribution is 5.81. The molecule has 2 aromatic carbocycles. The zero-order valence-electron chi connectivity index (χ0n) is 16.1. The Kier molecular flexibility index (Phi) is 3.88. The van der Waals surface area contributed by atoms with E-state index < -0.39 is 0 Å². The van der Waals surface area contributed by atoms with E-state index in [-0.39, 0.29) is 0 Å². The van der Waals surface area contributed by atoms with E-state index in [4.69, 9.17) is 0 Å². The van der Waals surface area contributed by atoms with Crippen LogP contribution in [0.2, 0.25) is 0 Å². The fourth-order valence-corrected chi connectivity index (χ4v) is 5.45. The van der Waals surface area contributed by atoms with Gasteiger partial charge in [0.15, 0.2) is 11.0 Å². The van der Waals surface area contributed by atoms with Crippen molar-refractivity contribution < 1.29 is 4.57 Å². The van der Waals surface area contributed by atoms with Crippen molar-refractivity contribution in [2.45, 2.75) is 64.3 Å². The predicted molar refractivity (Wildman–Crippen MR) is 107 cm³/mol. The summed E-state index contributed by atoms with van der Waals surface area (Å²) in [6, 6.07) is 13.7. The smallest absolute Gasteiger partial charge is 0.226 e. The minimum absolute atomic E-state index is 0.789. The van der Waals surface area contributed by atoms with E-state index in [9.17, 15) is 0 Å². The Balaban J connectivity index is 1.76. The number of imidazole rings is 1. The second-order valence-electron chi connectivity index (χ2n) is 8.29. The molecule has 0 radical (unpaired) electrons. The summed E-state index contributed by atoms with van der Waals surface area (Å²) in [5.41, 5.74) is 8.96. The summed E-state index contributed by atoms with van der Waals surface area (Å²) in [5.74, 6) is 2.16. The SMILES string of the molecule is Cc1ccccc1-c1n(C)c2ccc(C3CCCCC3)c3c2[n+]1CCC3. The lowest BCUT2D eigenvalue weighted by Crippen LogP contribution is -2.39. The van der Waals surface area contributed by atoms with Crippen LogP contribution in [-0.4, -0.2) is 4.57 Å². The van der Waals surface area contributed by atoms with Crippen LogP contribution in [0.15, 0.2) is 36.4 Å². The van der Waals surface area contributed by atoms with E-state index >= 15 is 0 Å². The normalized spacial score (nSPS) is 17.8. The molecule has 2 heterocycles. The monoisotopic (exact) mass is 345 g/mol. The maximum Gasteiger partial charge on any atom is 0.289 e. The minimum atomic E-state index is 0.789. The first-order valence-electron chi connectivity index (χ1n) is 10.4. The van der Waals surface area contributed by atoms with Crippen LogP contribution in [0.5, 0.6) is 0 Å². The summed E-state index contributed by atoms with van der Waals surface area (Å²) in [7, 11) is 2.25. The van der Waals surface area contributed by atoms with Gasteiger partial charge in [-0.05, 0) is 61.8 Å². The van der Waals surface area contributed by atoms with Gasteiger partial charge in [0.25, 0.3) is 5.82 Å². The van der Waals surface area contributed by atoms with Gasteiger partial charge in [-0.3, -0.25) is 0 Å². The van der Waals surface area contributed by atoms with Crippen molar-refractivity contribution in [1.82, 2.24) is 4.57 Å². The van der Waals surface area contributed by atoms with Crippen molar-refractivity contribution >= 4 is 11.0 Å². The second kappa shape index (κ2) is 6.26. The highest BCUT2D eigenvalue weighted by atomic mass is 15.2. The fraction of sp³-hybridized carbons (Fsp3) is 0.458. The van der Waals surface area contributed by atoms with Gasteiger partial charge in [-0.1, -0.05) is 43.5 Å². The number of aromatic nitrogens is 2. The Labute approximate surface area is 156 Å². The Hall–Kier alpha value is -2.09. The third-order valence-corrected chi connectivity index (χ3v) is 6.74. The zero-order valence-corrected chi connectivity index (χ0v) is 16.1. The van der Waals surface area contributed by atoms with Crippen molar-refractivity contribution in [3.05, 3.63) is 53.1 Å². The quantitative estimate of drug-likeness (QED) is 0.547. The molecule has 1 aliphatic heterocycles. The fourth-order valence-electron chi connectivity index (χ4n) is 5.45. The summed E-state index contributed by atoms with van der Waals surface area (Å²) in [4.78, 5) is 0. The van der Waals surface area contributed by atoms with Crippen molar-refractivity contribution in [3.8, 4) is 11.4 Å². The number of nitrogens with zero attached hydrogens (tertiary/aromatic N) is 2. The molecule has 2 aliphatic rings. The molecule has 0 amide bonds. The minimum Gasteiger partial charge on any atom is -0.226 e. The summed E-state index contributed by atoms with van der Waals surface area (Å²) in [6.07, 6.45) is 9.53. The molecule has 1 fully saturated rings. The summed E-state index contributed by atoms with van der Waals surface area (Å²) in [5, 5.41) is 0. The Morgan fingerprint density at radius 3 is 2.58 bits per heavy atom. The lowest BCUT2D eigenvalue weighted by molar-refractivity contribution is -0.664. The lowest BCUT2D eigenvalue weighted by Gasteiger charge is -2.25. The van der Waals surface area contributed by atoms with Gasteiger partial charge in [-0.15, -0.1) is 0 Å². The van der Waals surface area contributed by atoms with Crippen LogP contribution in [0.1, 0.15) is 61.1 Å². The third-order valence-electron chi connectivity index (χ3n) is 6.74. The topological polar surface area (TPSA) is 8.81 Å². The summed E-state index contributed by atoms with van der Waals surface area (Å²) < 4.78 is 5.04. The van der Waals surface area contributed by atoms with Crippen LogP contribution < -0.4 is 4.57 Å². The molecule has 1 aromatic heterocycles. The number of rotatable bonds is 2. The number of hydrogen-bond donors (Lipinski definition) is 0. The maximum atomic E-state index is 2.61. The molecule has 0 spiro atoms. The lowest BCUT2D eigenvalue weighted by atomic mass is 9.80. The van der Waals surface area contributed by atoms with E-state index in [1.54, 1.807) is 11.1 Å². The predicted octanol–water partition coefficient (Wildman–Crippen LogP) is 5.44. The first-order chi connectivity index (χ1) is 12.8. The molecule has 0 saturated heterocycles. The maximum absolute atomic E-state index is 2.61. The van der Waals surface area contributed by atoms with Gasteiger partial charge in [0, 0.05) is 5.56 Å². The van der Waals surface area contributed by atoms with Crippen molar-refractivity contribution in [2.75, 3.05) is 0 Å². The molecule has 3 aromatic rings. The van der Waals surface area contributed by atoms with Crippen LogP contribution in [-0.2, 0) is 20.0 Å². The van der Waals surface area contributed by atoms with Crippen molar-refractivity contribution in [3.63, 3.8) is 0 Å². The number of aryl methyl sites for hydroxylation is 4. The van der Waals surface area contributed by atoms with E-state index in [2.05, 4.69) is 59.5 Å². The largest absolute Gasteiger partial charge is 0.289 e. The Bertz CT molecular complexity index is 974. The highest BCUT2D eigenvalue weighted by Gasteiger charge is 2.32. The molecule has 1 aliphatic carbocycles. The molecular weight excluding hydrogens is 316 g/mol. The van der Waals surface area contributed by atoms with Crippen molar-refractivity contribution in [2.24, 2.45) is 7.05 Å². The van der Waals surface area contributed by atoms with E-state index in [1.807, 2.05) is 0 Å². The van der Waals surface area contributed by atoms with Gasteiger partial charge in [0.2, 0.25) is 0 Å². The molecule has 26 heavy (non-hydrogen) atoms. The average molecular weight is 346 g/mol. The van der Waals surface area contributed by atoms with Gasteiger partial charge in [-0.25, -0.2) is 9.13 Å². The average Bonchev–Trinajstić information content (AvgIpc) is 2.97. The van der Waals surface area contributed by atoms with Gasteiger partial charge in [0.05, 0.1) is 19.2 Å². The summed E-state index contributed by atoms with van der Waals surface area (Å²) >= 11 is 0. The van der Waals surface area contributed by atoms with Crippen LogP contribution in [0, 0.1) is 6.92 Å². The highest BCUT2D eigenvalue weighted by Crippen LogP contribution is 2.39. The van der Waals surface area contributed by atoms with Crippen molar-refractivity contribution in [1.29, 1.82) is 0 Å². The van der Waals surface area contributed by atoms with Crippen LogP contribution in [0.3, 0.4) is 0 Å². The molecule has 2 heteroatoms. The Morgan fingerprint density at radius 1 is 0.962 bits per heavy atom. The second-order valence-corrected chi connectivity index (χ2v) is 8.29. The molecule has 2 nitrogen and oxygen atoms in total. The first-order valence-corrected chi connectivity index (χ1v) is 10.4. The van der Waals surface area contributed by atoms with E-state index in [0.29, 0.717) is 0 Å². The van der Waals surface area contributed by atoms with E-state index in [1.165, 1.54) is 72.9 Å². The van der Waals surface area contributed by atoms with E-state index in [0.717, 1.165) is 12.5 Å². The number of benzene rings is 2. The number of hydrogen-bond acceptors (Lipinski definition) is 0. The molecule has 0 bridgehead atoms. The summed E-state index contributed by atoms with van der Waals surface area (Å²) in [6.45, 7) is 3.37. The molecule has 0 N–H and O–H groups in total. The first kappa shape index (κ1) is 16.1. The zero-order chi connectivity index (χ0) is 17.7. The van der Waals surface area contributed by atoms with Gasteiger partial charge >= 0.3 is 0 Å². The standard InChI is InChI=1S/C24H29N2/c1-17-9-6-7-12-19(17)24-25(2)22-15-14-20(18-10-4-3-5-11-18)21-13-8-16-26(24)23(21)22/h6-7,9,12,14-15,18H,3-5,8,10-11,13,16H2,1-2H3/q+1. The van der Waals surface area contributed by atoms with Gasteiger partial charge in [-0.2, -0.15) is 0 Å². The molecule has 5 rings (SSSR count).